The second-order valence-electron chi connectivity index (χ2n) is 4.69. The summed E-state index contributed by atoms with van der Waals surface area (Å²) in [7, 11) is 0. The molecule has 1 rings (SSSR count). The molecule has 0 radical (unpaired) electrons. The lowest BCUT2D eigenvalue weighted by atomic mass is 10.1. The summed E-state index contributed by atoms with van der Waals surface area (Å²) in [6.07, 6.45) is 0.489. The number of hydrogen-bond donors (Lipinski definition) is 2. The van der Waals surface area contributed by atoms with E-state index in [0.29, 0.717) is 12.0 Å². The zero-order chi connectivity index (χ0) is 15.8. The number of hydrogen-bond acceptors (Lipinski definition) is 3. The van der Waals surface area contributed by atoms with Crippen molar-refractivity contribution in [3.63, 3.8) is 0 Å². The van der Waals surface area contributed by atoms with Gasteiger partial charge in [-0.25, -0.2) is 9.18 Å². The summed E-state index contributed by atoms with van der Waals surface area (Å²) in [6.45, 7) is 1.70. The zero-order valence-electron chi connectivity index (χ0n) is 11.8. The van der Waals surface area contributed by atoms with Gasteiger partial charge < -0.3 is 10.4 Å². The van der Waals surface area contributed by atoms with Crippen molar-refractivity contribution < 1.29 is 23.9 Å². The highest BCUT2D eigenvalue weighted by molar-refractivity contribution is 5.85. The van der Waals surface area contributed by atoms with Crippen LogP contribution in [0.5, 0.6) is 0 Å². The van der Waals surface area contributed by atoms with Gasteiger partial charge in [-0.2, -0.15) is 0 Å². The molecule has 5 nitrogen and oxygen atoms in total. The van der Waals surface area contributed by atoms with Gasteiger partial charge in [-0.1, -0.05) is 19.1 Å². The highest BCUT2D eigenvalue weighted by Gasteiger charge is 2.20. The van der Waals surface area contributed by atoms with Crippen molar-refractivity contribution in [1.29, 1.82) is 0 Å². The first-order valence-corrected chi connectivity index (χ1v) is 6.70. The Morgan fingerprint density at radius 2 is 1.86 bits per heavy atom. The summed E-state index contributed by atoms with van der Waals surface area (Å²) in [5, 5.41) is 11.4. The lowest BCUT2D eigenvalue weighted by Crippen LogP contribution is -2.41. The van der Waals surface area contributed by atoms with Gasteiger partial charge in [0, 0.05) is 12.8 Å². The lowest BCUT2D eigenvalue weighted by Gasteiger charge is -2.14. The molecule has 21 heavy (non-hydrogen) atoms. The molecule has 0 aliphatic heterocycles. The quantitative estimate of drug-likeness (QED) is 0.764. The molecule has 0 heterocycles. The highest BCUT2D eigenvalue weighted by Crippen LogP contribution is 2.05. The Bertz CT molecular complexity index is 513. The Kier molecular flexibility index (Phi) is 6.52. The van der Waals surface area contributed by atoms with Crippen LogP contribution in [-0.2, 0) is 20.8 Å². The Labute approximate surface area is 122 Å². The zero-order valence-corrected chi connectivity index (χ0v) is 11.8. The molecule has 1 amide bonds. The van der Waals surface area contributed by atoms with Crippen LogP contribution < -0.4 is 5.32 Å². The van der Waals surface area contributed by atoms with Crippen LogP contribution in [0.25, 0.3) is 0 Å². The van der Waals surface area contributed by atoms with Gasteiger partial charge >= 0.3 is 5.97 Å². The minimum atomic E-state index is -1.17. The number of Topliss-reactive ketones (excluding diaryl/α,β-unsaturated/α-hetero) is 1. The van der Waals surface area contributed by atoms with Crippen LogP contribution in [-0.4, -0.2) is 28.8 Å². The average molecular weight is 295 g/mol. The predicted octanol–water partition coefficient (Wildman–Crippen LogP) is 1.70. The molecule has 0 aliphatic carbocycles. The first-order valence-electron chi connectivity index (χ1n) is 6.70. The third kappa shape index (κ3) is 6.16. The van der Waals surface area contributed by atoms with Crippen LogP contribution in [0.1, 0.15) is 31.7 Å². The number of aliphatic carboxylic acids is 1. The Hall–Kier alpha value is -2.24. The van der Waals surface area contributed by atoms with E-state index in [0.717, 1.165) is 0 Å². The largest absolute Gasteiger partial charge is 0.480 e. The molecule has 2 N–H and O–H groups in total. The molecular formula is C15H18FNO4. The van der Waals surface area contributed by atoms with Crippen molar-refractivity contribution in [3.8, 4) is 0 Å². The van der Waals surface area contributed by atoms with E-state index in [1.54, 1.807) is 6.92 Å². The van der Waals surface area contributed by atoms with Gasteiger partial charge in [0.15, 0.2) is 0 Å². The number of rotatable bonds is 8. The summed E-state index contributed by atoms with van der Waals surface area (Å²) < 4.78 is 12.7. The standard InChI is InChI=1S/C15H18FNO4/c1-2-12(18)7-8-13(15(20)21)17-14(19)9-10-3-5-11(16)6-4-10/h3-6,13H,2,7-9H2,1H3,(H,17,19)(H,20,21)/t13-/m1/s1. The number of carboxylic acids is 1. The van der Waals surface area contributed by atoms with Crippen molar-refractivity contribution in [2.24, 2.45) is 0 Å². The molecule has 1 atom stereocenters. The van der Waals surface area contributed by atoms with Crippen LogP contribution in [0.2, 0.25) is 0 Å². The van der Waals surface area contributed by atoms with E-state index in [-0.39, 0.29) is 25.0 Å². The fraction of sp³-hybridized carbons (Fsp3) is 0.400. The number of benzene rings is 1. The van der Waals surface area contributed by atoms with Gasteiger partial charge in [-0.05, 0) is 24.1 Å². The molecule has 0 bridgehead atoms. The fourth-order valence-corrected chi connectivity index (χ4v) is 1.77. The third-order valence-electron chi connectivity index (χ3n) is 3.02. The van der Waals surface area contributed by atoms with Crippen LogP contribution in [0.4, 0.5) is 4.39 Å². The lowest BCUT2D eigenvalue weighted by molar-refractivity contribution is -0.142. The minimum Gasteiger partial charge on any atom is -0.480 e. The summed E-state index contributed by atoms with van der Waals surface area (Å²) in [4.78, 5) is 34.0. The molecule has 0 saturated heterocycles. The van der Waals surface area contributed by atoms with Gasteiger partial charge in [0.05, 0.1) is 6.42 Å². The second kappa shape index (κ2) is 8.14. The first-order chi connectivity index (χ1) is 9.92. The molecule has 0 unspecified atom stereocenters. The molecule has 114 valence electrons. The smallest absolute Gasteiger partial charge is 0.326 e. The number of nitrogens with one attached hydrogen (secondary N) is 1. The second-order valence-corrected chi connectivity index (χ2v) is 4.69. The van der Waals surface area contributed by atoms with Crippen LogP contribution in [0, 0.1) is 5.82 Å². The van der Waals surface area contributed by atoms with E-state index in [4.69, 9.17) is 5.11 Å². The number of halogens is 1. The van der Waals surface area contributed by atoms with E-state index >= 15 is 0 Å². The van der Waals surface area contributed by atoms with Gasteiger partial charge in [0.2, 0.25) is 5.91 Å². The van der Waals surface area contributed by atoms with E-state index in [9.17, 15) is 18.8 Å². The number of ketones is 1. The number of carbonyl (C=O) groups is 3. The molecule has 1 aromatic carbocycles. The van der Waals surface area contributed by atoms with Gasteiger partial charge in [0.25, 0.3) is 0 Å². The van der Waals surface area contributed by atoms with E-state index in [1.807, 2.05) is 0 Å². The normalized spacial score (nSPS) is 11.7. The van der Waals surface area contributed by atoms with Crippen LogP contribution >= 0.6 is 0 Å². The first kappa shape index (κ1) is 16.8. The van der Waals surface area contributed by atoms with Gasteiger partial charge in [-0.15, -0.1) is 0 Å². The van der Waals surface area contributed by atoms with E-state index in [2.05, 4.69) is 5.32 Å². The van der Waals surface area contributed by atoms with E-state index < -0.39 is 23.7 Å². The fourth-order valence-electron chi connectivity index (χ4n) is 1.77. The number of carboxylic acid groups (broad SMARTS) is 1. The molecular weight excluding hydrogens is 277 g/mol. The van der Waals surface area contributed by atoms with Crippen molar-refractivity contribution in [2.45, 2.75) is 38.6 Å². The van der Waals surface area contributed by atoms with Crippen molar-refractivity contribution in [2.75, 3.05) is 0 Å². The SMILES string of the molecule is CCC(=O)CC[C@@H](NC(=O)Cc1ccc(F)cc1)C(=O)O. The van der Waals surface area contributed by atoms with Gasteiger partial charge in [0.1, 0.15) is 17.6 Å². The Morgan fingerprint density at radius 3 is 2.38 bits per heavy atom. The maximum Gasteiger partial charge on any atom is 0.326 e. The van der Waals surface area contributed by atoms with Crippen molar-refractivity contribution >= 4 is 17.7 Å². The number of amides is 1. The topological polar surface area (TPSA) is 83.5 Å². The van der Waals surface area contributed by atoms with E-state index in [1.165, 1.54) is 24.3 Å². The Balaban J connectivity index is 2.54. The minimum absolute atomic E-state index is 0.0359. The molecule has 0 spiro atoms. The molecule has 0 fully saturated rings. The molecule has 6 heteroatoms. The average Bonchev–Trinajstić information content (AvgIpc) is 2.45. The number of carbonyl (C=O) groups excluding carboxylic acids is 2. The summed E-state index contributed by atoms with van der Waals surface area (Å²) in [6, 6.07) is 4.30. The summed E-state index contributed by atoms with van der Waals surface area (Å²) >= 11 is 0. The molecule has 0 aromatic heterocycles. The van der Waals surface area contributed by atoms with Crippen molar-refractivity contribution in [1.82, 2.24) is 5.32 Å². The summed E-state index contributed by atoms with van der Waals surface area (Å²) in [5.74, 6) is -2.10. The third-order valence-corrected chi connectivity index (χ3v) is 3.02. The summed E-state index contributed by atoms with van der Waals surface area (Å²) in [5.41, 5.74) is 0.586. The Morgan fingerprint density at radius 1 is 1.24 bits per heavy atom. The van der Waals surface area contributed by atoms with Crippen LogP contribution in [0.15, 0.2) is 24.3 Å². The molecule has 0 aliphatic rings. The molecule has 0 saturated carbocycles. The van der Waals surface area contributed by atoms with Crippen LogP contribution in [0.3, 0.4) is 0 Å². The monoisotopic (exact) mass is 295 g/mol. The maximum absolute atomic E-state index is 12.7. The maximum atomic E-state index is 12.7. The molecule has 1 aromatic rings. The highest BCUT2D eigenvalue weighted by atomic mass is 19.1. The predicted molar refractivity (Wildman–Crippen MR) is 74.2 cm³/mol. The van der Waals surface area contributed by atoms with Crippen molar-refractivity contribution in [3.05, 3.63) is 35.6 Å². The van der Waals surface area contributed by atoms with Gasteiger partial charge in [-0.3, -0.25) is 9.59 Å².